The first-order chi connectivity index (χ1) is 14.7. The number of methoxy groups -OCH3 is 1. The Bertz CT molecular complexity index is 777. The van der Waals surface area contributed by atoms with E-state index in [9.17, 15) is 4.79 Å². The Labute approximate surface area is 176 Å². The average Bonchev–Trinajstić information content (AvgIpc) is 2.79. The van der Waals surface area contributed by atoms with Gasteiger partial charge in [-0.1, -0.05) is 0 Å². The Morgan fingerprint density at radius 1 is 0.900 bits per heavy atom. The number of piperazine rings is 1. The molecule has 1 saturated heterocycles. The van der Waals surface area contributed by atoms with Crippen LogP contribution in [0.1, 0.15) is 6.92 Å². The van der Waals surface area contributed by atoms with Gasteiger partial charge in [-0.3, -0.25) is 4.79 Å². The smallest absolute Gasteiger partial charge is 0.260 e. The topological polar surface area (TPSA) is 86.3 Å². The predicted molar refractivity (Wildman–Crippen MR) is 111 cm³/mol. The number of nitrogens with zero attached hydrogens (tertiary/aromatic N) is 4. The number of ether oxygens (including phenoxy) is 4. The third kappa shape index (κ3) is 6.21. The molecule has 0 radical (unpaired) electrons. The molecule has 1 aromatic carbocycles. The first-order valence-electron chi connectivity index (χ1n) is 10.0. The molecule has 162 valence electrons. The summed E-state index contributed by atoms with van der Waals surface area (Å²) in [4.78, 5) is 16.4. The number of aromatic nitrogens is 2. The highest BCUT2D eigenvalue weighted by Gasteiger charge is 2.22. The highest BCUT2D eigenvalue weighted by molar-refractivity contribution is 5.78. The minimum absolute atomic E-state index is 0.0152. The molecular weight excluding hydrogens is 388 g/mol. The lowest BCUT2D eigenvalue weighted by molar-refractivity contribution is -0.133. The van der Waals surface area contributed by atoms with Crippen LogP contribution in [0.5, 0.6) is 17.4 Å². The molecule has 1 aliphatic heterocycles. The zero-order chi connectivity index (χ0) is 21.2. The summed E-state index contributed by atoms with van der Waals surface area (Å²) in [5.41, 5.74) is 0. The summed E-state index contributed by atoms with van der Waals surface area (Å²) in [5, 5.41) is 8.30. The van der Waals surface area contributed by atoms with Gasteiger partial charge in [0.2, 0.25) is 5.88 Å². The third-order valence-electron chi connectivity index (χ3n) is 4.62. The fourth-order valence-corrected chi connectivity index (χ4v) is 3.01. The SMILES string of the molecule is CCOc1ccc(OCC(=O)N2CCN(c3ccc(OCCOC)nn3)CC2)cc1. The van der Waals surface area contributed by atoms with Crippen molar-refractivity contribution < 1.29 is 23.7 Å². The molecule has 0 saturated carbocycles. The molecule has 0 bridgehead atoms. The number of carbonyl (C=O) groups excluding carboxylic acids is 1. The summed E-state index contributed by atoms with van der Waals surface area (Å²) in [6.07, 6.45) is 0. The summed E-state index contributed by atoms with van der Waals surface area (Å²) in [6.45, 7) is 6.10. The molecule has 0 spiro atoms. The standard InChI is InChI=1S/C21H28N4O5/c1-3-28-17-4-6-18(7-5-17)30-16-21(26)25-12-10-24(11-13-25)19-8-9-20(23-22-19)29-15-14-27-2/h4-9H,3,10-16H2,1-2H3. The van der Waals surface area contributed by atoms with E-state index in [1.54, 1.807) is 30.2 Å². The van der Waals surface area contributed by atoms with E-state index in [1.807, 2.05) is 25.1 Å². The Morgan fingerprint density at radius 2 is 1.60 bits per heavy atom. The Hall–Kier alpha value is -3.07. The lowest BCUT2D eigenvalue weighted by atomic mass is 10.3. The highest BCUT2D eigenvalue weighted by Crippen LogP contribution is 2.18. The molecule has 30 heavy (non-hydrogen) atoms. The van der Waals surface area contributed by atoms with E-state index >= 15 is 0 Å². The maximum Gasteiger partial charge on any atom is 0.260 e. The van der Waals surface area contributed by atoms with Crippen LogP contribution in [0.25, 0.3) is 0 Å². The highest BCUT2D eigenvalue weighted by atomic mass is 16.5. The van der Waals surface area contributed by atoms with Gasteiger partial charge in [-0.2, -0.15) is 0 Å². The molecule has 1 fully saturated rings. The molecule has 0 aliphatic carbocycles. The van der Waals surface area contributed by atoms with E-state index in [0.717, 1.165) is 11.6 Å². The number of anilines is 1. The van der Waals surface area contributed by atoms with Crippen molar-refractivity contribution in [2.75, 3.05) is 64.6 Å². The van der Waals surface area contributed by atoms with Crippen LogP contribution in [-0.2, 0) is 9.53 Å². The summed E-state index contributed by atoms with van der Waals surface area (Å²) < 4.78 is 21.4. The molecule has 0 unspecified atom stereocenters. The van der Waals surface area contributed by atoms with Gasteiger partial charge >= 0.3 is 0 Å². The lowest BCUT2D eigenvalue weighted by Crippen LogP contribution is -2.50. The molecule has 1 aliphatic rings. The molecule has 0 atom stereocenters. The Balaban J connectivity index is 1.41. The van der Waals surface area contributed by atoms with Crippen LogP contribution in [0.2, 0.25) is 0 Å². The number of benzene rings is 1. The molecule has 3 rings (SSSR count). The number of rotatable bonds is 10. The molecule has 9 nitrogen and oxygen atoms in total. The zero-order valence-corrected chi connectivity index (χ0v) is 17.5. The summed E-state index contributed by atoms with van der Waals surface area (Å²) in [6, 6.07) is 10.9. The number of hydrogen-bond donors (Lipinski definition) is 0. The third-order valence-corrected chi connectivity index (χ3v) is 4.62. The maximum absolute atomic E-state index is 12.5. The molecule has 1 aromatic heterocycles. The molecule has 1 amide bonds. The number of carbonyl (C=O) groups is 1. The van der Waals surface area contributed by atoms with Crippen molar-refractivity contribution in [3.63, 3.8) is 0 Å². The minimum atomic E-state index is -0.0310. The van der Waals surface area contributed by atoms with Crippen LogP contribution in [0, 0.1) is 0 Å². The van der Waals surface area contributed by atoms with Crippen LogP contribution in [-0.4, -0.2) is 80.7 Å². The van der Waals surface area contributed by atoms with Crippen molar-refractivity contribution in [1.82, 2.24) is 15.1 Å². The van der Waals surface area contributed by atoms with Crippen molar-refractivity contribution in [2.45, 2.75) is 6.92 Å². The zero-order valence-electron chi connectivity index (χ0n) is 17.5. The van der Waals surface area contributed by atoms with Gasteiger partial charge < -0.3 is 28.7 Å². The largest absolute Gasteiger partial charge is 0.494 e. The van der Waals surface area contributed by atoms with Gasteiger partial charge in [-0.25, -0.2) is 0 Å². The van der Waals surface area contributed by atoms with E-state index < -0.39 is 0 Å². The van der Waals surface area contributed by atoms with Gasteiger partial charge in [0.25, 0.3) is 5.91 Å². The van der Waals surface area contributed by atoms with Crippen LogP contribution in [0.15, 0.2) is 36.4 Å². The van der Waals surface area contributed by atoms with Gasteiger partial charge in [0.1, 0.15) is 18.1 Å². The van der Waals surface area contributed by atoms with Crippen molar-refractivity contribution in [3.8, 4) is 17.4 Å². The molecule has 2 heterocycles. The summed E-state index contributed by atoms with van der Waals surface area (Å²) in [5.74, 6) is 2.64. The predicted octanol–water partition coefficient (Wildman–Crippen LogP) is 1.63. The van der Waals surface area contributed by atoms with Crippen LogP contribution in [0.4, 0.5) is 5.82 Å². The summed E-state index contributed by atoms with van der Waals surface area (Å²) >= 11 is 0. The van der Waals surface area contributed by atoms with Crippen LogP contribution in [0.3, 0.4) is 0 Å². The van der Waals surface area contributed by atoms with Crippen molar-refractivity contribution in [2.24, 2.45) is 0 Å². The van der Waals surface area contributed by atoms with Crippen molar-refractivity contribution in [3.05, 3.63) is 36.4 Å². The maximum atomic E-state index is 12.5. The van der Waals surface area contributed by atoms with E-state index in [2.05, 4.69) is 15.1 Å². The van der Waals surface area contributed by atoms with Crippen molar-refractivity contribution in [1.29, 1.82) is 0 Å². The Morgan fingerprint density at radius 3 is 2.20 bits per heavy atom. The second kappa shape index (κ2) is 11.2. The van der Waals surface area contributed by atoms with Gasteiger partial charge in [0.15, 0.2) is 12.4 Å². The monoisotopic (exact) mass is 416 g/mol. The first kappa shape index (κ1) is 21.6. The average molecular weight is 416 g/mol. The van der Waals surface area contributed by atoms with Gasteiger partial charge in [-0.15, -0.1) is 10.2 Å². The van der Waals surface area contributed by atoms with Gasteiger partial charge in [0.05, 0.1) is 13.2 Å². The van der Waals surface area contributed by atoms with Crippen LogP contribution >= 0.6 is 0 Å². The van der Waals surface area contributed by atoms with E-state index in [-0.39, 0.29) is 12.5 Å². The van der Waals surface area contributed by atoms with E-state index in [1.165, 1.54) is 0 Å². The normalized spacial score (nSPS) is 13.8. The first-order valence-corrected chi connectivity index (χ1v) is 10.0. The fraction of sp³-hybridized carbons (Fsp3) is 0.476. The second-order valence-corrected chi connectivity index (χ2v) is 6.63. The van der Waals surface area contributed by atoms with Gasteiger partial charge in [0, 0.05) is 39.4 Å². The van der Waals surface area contributed by atoms with Crippen molar-refractivity contribution >= 4 is 11.7 Å². The van der Waals surface area contributed by atoms with E-state index in [0.29, 0.717) is 57.6 Å². The summed E-state index contributed by atoms with van der Waals surface area (Å²) in [7, 11) is 1.62. The fourth-order valence-electron chi connectivity index (χ4n) is 3.01. The minimum Gasteiger partial charge on any atom is -0.494 e. The molecular formula is C21H28N4O5. The molecule has 2 aromatic rings. The van der Waals surface area contributed by atoms with Gasteiger partial charge in [-0.05, 0) is 37.3 Å². The second-order valence-electron chi connectivity index (χ2n) is 6.63. The van der Waals surface area contributed by atoms with Crippen LogP contribution < -0.4 is 19.1 Å². The number of amides is 1. The van der Waals surface area contributed by atoms with E-state index in [4.69, 9.17) is 18.9 Å². The molecule has 9 heteroatoms. The lowest BCUT2D eigenvalue weighted by Gasteiger charge is -2.35. The quantitative estimate of drug-likeness (QED) is 0.540. The Kier molecular flexibility index (Phi) is 8.08. The number of hydrogen-bond acceptors (Lipinski definition) is 8. The molecule has 0 N–H and O–H groups in total.